The molecule has 0 aliphatic rings. The quantitative estimate of drug-likeness (QED) is 0.189. The van der Waals surface area contributed by atoms with Crippen molar-refractivity contribution in [3.8, 4) is 0 Å². The van der Waals surface area contributed by atoms with Crippen molar-refractivity contribution in [1.29, 1.82) is 0 Å². The fourth-order valence-electron chi connectivity index (χ4n) is 3.94. The van der Waals surface area contributed by atoms with Gasteiger partial charge in [-0.3, -0.25) is 4.79 Å². The van der Waals surface area contributed by atoms with Gasteiger partial charge in [-0.1, -0.05) is 115 Å². The summed E-state index contributed by atoms with van der Waals surface area (Å²) >= 11 is 4.36. The molecule has 1 aromatic rings. The first-order valence-electron chi connectivity index (χ1n) is 11.8. The van der Waals surface area contributed by atoms with Crippen LogP contribution < -0.4 is 5.73 Å². The minimum Gasteiger partial charge on any atom is -0.366 e. The van der Waals surface area contributed by atoms with Gasteiger partial charge in [0.25, 0.3) is 0 Å². The van der Waals surface area contributed by atoms with Crippen molar-refractivity contribution in [2.24, 2.45) is 5.73 Å². The van der Waals surface area contributed by atoms with Gasteiger partial charge in [0.1, 0.15) is 0 Å². The van der Waals surface area contributed by atoms with E-state index in [2.05, 4.69) is 19.6 Å². The lowest BCUT2D eigenvalue weighted by atomic mass is 9.99. The molecule has 1 aromatic carbocycles. The van der Waals surface area contributed by atoms with Crippen LogP contribution in [0.1, 0.15) is 126 Å². The van der Waals surface area contributed by atoms with E-state index in [0.29, 0.717) is 10.5 Å². The number of rotatable bonds is 18. The van der Waals surface area contributed by atoms with Crippen molar-refractivity contribution in [2.45, 2.75) is 121 Å². The standard InChI is InChI=1S/C25H43NOS/c1-2-3-4-5-6-7-8-9-10-11-12-13-14-15-16-17-19-22-20-18-21-23(28)24(22)25(26)27/h18,20-21,28H,2-17,19H2,1H3,(H2,26,27). The van der Waals surface area contributed by atoms with Crippen molar-refractivity contribution < 1.29 is 4.79 Å². The molecule has 0 heterocycles. The first-order valence-corrected chi connectivity index (χ1v) is 12.2. The minimum absolute atomic E-state index is 0.364. The lowest BCUT2D eigenvalue weighted by Gasteiger charge is -2.09. The first-order chi connectivity index (χ1) is 13.7. The van der Waals surface area contributed by atoms with Crippen molar-refractivity contribution >= 4 is 18.5 Å². The smallest absolute Gasteiger partial charge is 0.250 e. The molecule has 160 valence electrons. The fraction of sp³-hybridized carbons (Fsp3) is 0.720. The van der Waals surface area contributed by atoms with Crippen molar-refractivity contribution in [3.05, 3.63) is 29.3 Å². The van der Waals surface area contributed by atoms with Crippen LogP contribution in [0.15, 0.2) is 23.1 Å². The summed E-state index contributed by atoms with van der Waals surface area (Å²) in [5, 5.41) is 0. The Morgan fingerprint density at radius 1 is 0.750 bits per heavy atom. The monoisotopic (exact) mass is 405 g/mol. The molecule has 0 aliphatic carbocycles. The Hall–Kier alpha value is -0.960. The van der Waals surface area contributed by atoms with E-state index in [4.69, 9.17) is 5.73 Å². The molecule has 0 fully saturated rings. The topological polar surface area (TPSA) is 43.1 Å². The second-order valence-electron chi connectivity index (χ2n) is 8.23. The number of hydrogen-bond donors (Lipinski definition) is 2. The number of amides is 1. The largest absolute Gasteiger partial charge is 0.366 e. The van der Waals surface area contributed by atoms with Crippen molar-refractivity contribution in [1.82, 2.24) is 0 Å². The highest BCUT2D eigenvalue weighted by atomic mass is 32.1. The van der Waals surface area contributed by atoms with Gasteiger partial charge in [-0.25, -0.2) is 0 Å². The van der Waals surface area contributed by atoms with Crippen LogP contribution in [0.3, 0.4) is 0 Å². The van der Waals surface area contributed by atoms with Crippen LogP contribution in [0, 0.1) is 0 Å². The number of hydrogen-bond acceptors (Lipinski definition) is 2. The highest BCUT2D eigenvalue weighted by Gasteiger charge is 2.10. The molecule has 1 amide bonds. The lowest BCUT2D eigenvalue weighted by molar-refractivity contribution is 0.0996. The third-order valence-electron chi connectivity index (χ3n) is 5.67. The Labute approximate surface area is 179 Å². The molecule has 0 spiro atoms. The second-order valence-corrected chi connectivity index (χ2v) is 8.71. The number of carbonyl (C=O) groups excluding carboxylic acids is 1. The van der Waals surface area contributed by atoms with Gasteiger partial charge in [-0.15, -0.1) is 12.6 Å². The molecule has 0 radical (unpaired) electrons. The molecule has 0 saturated heterocycles. The summed E-state index contributed by atoms with van der Waals surface area (Å²) in [6.07, 6.45) is 22.9. The maximum absolute atomic E-state index is 11.6. The Balaban J connectivity index is 1.91. The SMILES string of the molecule is CCCCCCCCCCCCCCCCCCc1cccc(S)c1C(N)=O. The van der Waals surface area contributed by atoms with E-state index >= 15 is 0 Å². The molecule has 0 aliphatic heterocycles. The number of nitrogens with two attached hydrogens (primary N) is 1. The van der Waals surface area contributed by atoms with E-state index in [1.165, 1.54) is 96.3 Å². The molecule has 3 heteroatoms. The molecule has 0 aromatic heterocycles. The fourth-order valence-corrected chi connectivity index (χ4v) is 4.28. The van der Waals surface area contributed by atoms with Crippen molar-refractivity contribution in [2.75, 3.05) is 0 Å². The maximum atomic E-state index is 11.6. The van der Waals surface area contributed by atoms with E-state index in [1.807, 2.05) is 18.2 Å². The van der Waals surface area contributed by atoms with Gasteiger partial charge in [0.2, 0.25) is 5.91 Å². The average Bonchev–Trinajstić information content (AvgIpc) is 2.67. The van der Waals surface area contributed by atoms with Crippen LogP contribution >= 0.6 is 12.6 Å². The van der Waals surface area contributed by atoms with Crippen LogP contribution in [-0.2, 0) is 6.42 Å². The van der Waals surface area contributed by atoms with Gasteiger partial charge in [0.15, 0.2) is 0 Å². The van der Waals surface area contributed by atoms with E-state index in [-0.39, 0.29) is 5.91 Å². The second kappa shape index (κ2) is 16.9. The van der Waals surface area contributed by atoms with E-state index in [1.54, 1.807) is 0 Å². The predicted octanol–water partition coefficient (Wildman–Crippen LogP) is 7.88. The third kappa shape index (κ3) is 11.8. The highest BCUT2D eigenvalue weighted by Crippen LogP contribution is 2.20. The minimum atomic E-state index is -0.364. The summed E-state index contributed by atoms with van der Waals surface area (Å²) in [5.41, 5.74) is 7.14. The summed E-state index contributed by atoms with van der Waals surface area (Å²) in [6.45, 7) is 2.28. The maximum Gasteiger partial charge on any atom is 0.250 e. The Morgan fingerprint density at radius 3 is 1.61 bits per heavy atom. The molecular formula is C25H43NOS. The van der Waals surface area contributed by atoms with Crippen molar-refractivity contribution in [3.63, 3.8) is 0 Å². The highest BCUT2D eigenvalue weighted by molar-refractivity contribution is 7.80. The lowest BCUT2D eigenvalue weighted by Crippen LogP contribution is -2.14. The van der Waals surface area contributed by atoms with Gasteiger partial charge in [0.05, 0.1) is 5.56 Å². The Morgan fingerprint density at radius 2 is 1.18 bits per heavy atom. The third-order valence-corrected chi connectivity index (χ3v) is 6.05. The zero-order valence-corrected chi connectivity index (χ0v) is 19.1. The molecule has 0 saturated carbocycles. The first kappa shape index (κ1) is 25.1. The molecule has 2 N–H and O–H groups in total. The molecule has 0 atom stereocenters. The van der Waals surface area contributed by atoms with Gasteiger partial charge in [-0.2, -0.15) is 0 Å². The summed E-state index contributed by atoms with van der Waals surface area (Å²) in [6, 6.07) is 5.79. The number of primary amides is 1. The molecule has 0 unspecified atom stereocenters. The van der Waals surface area contributed by atoms with Crippen LogP contribution in [0.4, 0.5) is 0 Å². The normalized spacial score (nSPS) is 11.1. The summed E-state index contributed by atoms with van der Waals surface area (Å²) < 4.78 is 0. The predicted molar refractivity (Wildman–Crippen MR) is 125 cm³/mol. The zero-order chi connectivity index (χ0) is 20.5. The van der Waals surface area contributed by atoms with Gasteiger partial charge in [-0.05, 0) is 24.5 Å². The number of thiol groups is 1. The number of carbonyl (C=O) groups is 1. The molecule has 2 nitrogen and oxygen atoms in total. The van der Waals surface area contributed by atoms with Gasteiger partial charge < -0.3 is 5.73 Å². The van der Waals surface area contributed by atoms with Gasteiger partial charge >= 0.3 is 0 Å². The van der Waals surface area contributed by atoms with E-state index < -0.39 is 0 Å². The van der Waals surface area contributed by atoms with Crippen LogP contribution in [0.25, 0.3) is 0 Å². The Kier molecular flexibility index (Phi) is 15.2. The molecule has 28 heavy (non-hydrogen) atoms. The van der Waals surface area contributed by atoms with Crippen LogP contribution in [0.5, 0.6) is 0 Å². The number of aryl methyl sites for hydroxylation is 1. The zero-order valence-electron chi connectivity index (χ0n) is 18.2. The Bertz CT molecular complexity index is 529. The average molecular weight is 406 g/mol. The summed E-state index contributed by atoms with van der Waals surface area (Å²) in [7, 11) is 0. The molecular weight excluding hydrogens is 362 g/mol. The number of benzene rings is 1. The molecule has 0 bridgehead atoms. The summed E-state index contributed by atoms with van der Waals surface area (Å²) in [4.78, 5) is 12.3. The molecule has 1 rings (SSSR count). The summed E-state index contributed by atoms with van der Waals surface area (Å²) in [5.74, 6) is -0.364. The van der Waals surface area contributed by atoms with E-state index in [0.717, 1.165) is 18.4 Å². The van der Waals surface area contributed by atoms with E-state index in [9.17, 15) is 4.79 Å². The van der Waals surface area contributed by atoms with Crippen LogP contribution in [0.2, 0.25) is 0 Å². The van der Waals surface area contributed by atoms with Gasteiger partial charge in [0, 0.05) is 4.90 Å². The number of unbranched alkanes of at least 4 members (excludes halogenated alkanes) is 15. The van der Waals surface area contributed by atoms with Crippen LogP contribution in [-0.4, -0.2) is 5.91 Å².